The van der Waals surface area contributed by atoms with Gasteiger partial charge in [-0.15, -0.1) is 0 Å². The van der Waals surface area contributed by atoms with Gasteiger partial charge in [0.15, 0.2) is 0 Å². The van der Waals surface area contributed by atoms with Gasteiger partial charge < -0.3 is 10.1 Å². The van der Waals surface area contributed by atoms with Crippen LogP contribution in [0, 0.1) is 13.8 Å². The summed E-state index contributed by atoms with van der Waals surface area (Å²) in [5.74, 6) is -1.09. The molecule has 0 spiro atoms. The van der Waals surface area contributed by atoms with Crippen LogP contribution in [0.1, 0.15) is 27.3 Å². The predicted molar refractivity (Wildman–Crippen MR) is 77.7 cm³/mol. The molecule has 112 valence electrons. The third-order valence-corrected chi connectivity index (χ3v) is 4.54. The Kier molecular flexibility index (Phi) is 4.15. The van der Waals surface area contributed by atoms with Crippen LogP contribution < -0.4 is 4.72 Å². The number of carbonyl (C=O) groups is 1. The first-order valence-electron chi connectivity index (χ1n) is 6.28. The number of aryl methyl sites for hydroxylation is 2. The van der Waals surface area contributed by atoms with E-state index in [0.29, 0.717) is 0 Å². The molecule has 0 atom stereocenters. The number of carboxylic acid groups (broad SMARTS) is 1. The van der Waals surface area contributed by atoms with Gasteiger partial charge in [-0.05, 0) is 49.7 Å². The number of nitrogens with one attached hydrogen (secondary N) is 2. The molecule has 7 heteroatoms. The molecule has 21 heavy (non-hydrogen) atoms. The molecule has 0 unspecified atom stereocenters. The number of aromatic nitrogens is 1. The molecule has 0 fully saturated rings. The molecule has 0 bridgehead atoms. The van der Waals surface area contributed by atoms with Gasteiger partial charge >= 0.3 is 5.97 Å². The molecule has 2 rings (SSSR count). The number of benzene rings is 1. The summed E-state index contributed by atoms with van der Waals surface area (Å²) in [4.78, 5) is 13.9. The number of sulfonamides is 1. The van der Waals surface area contributed by atoms with Gasteiger partial charge in [0.1, 0.15) is 0 Å². The van der Waals surface area contributed by atoms with E-state index >= 15 is 0 Å². The summed E-state index contributed by atoms with van der Waals surface area (Å²) in [6, 6.07) is 6.97. The Morgan fingerprint density at radius 1 is 1.24 bits per heavy atom. The lowest BCUT2D eigenvalue weighted by Crippen LogP contribution is -2.23. The molecule has 0 radical (unpaired) electrons. The second kappa shape index (κ2) is 5.71. The zero-order valence-corrected chi connectivity index (χ0v) is 12.5. The van der Waals surface area contributed by atoms with Gasteiger partial charge in [0.2, 0.25) is 10.0 Å². The van der Waals surface area contributed by atoms with Crippen molar-refractivity contribution in [2.24, 2.45) is 0 Å². The van der Waals surface area contributed by atoms with Crippen molar-refractivity contribution in [2.45, 2.75) is 25.3 Å². The van der Waals surface area contributed by atoms with Gasteiger partial charge in [-0.3, -0.25) is 0 Å². The molecular weight excluding hydrogens is 292 g/mol. The Hall–Kier alpha value is -2.12. The van der Waals surface area contributed by atoms with E-state index in [0.717, 1.165) is 17.0 Å². The second-order valence-electron chi connectivity index (χ2n) is 4.76. The van der Waals surface area contributed by atoms with Crippen LogP contribution in [-0.2, 0) is 16.6 Å². The van der Waals surface area contributed by atoms with E-state index in [4.69, 9.17) is 5.11 Å². The molecule has 2 aromatic rings. The lowest BCUT2D eigenvalue weighted by atomic mass is 10.2. The van der Waals surface area contributed by atoms with E-state index in [1.807, 2.05) is 19.9 Å². The highest BCUT2D eigenvalue weighted by Crippen LogP contribution is 2.13. The lowest BCUT2D eigenvalue weighted by Gasteiger charge is -2.07. The molecule has 0 aliphatic heterocycles. The monoisotopic (exact) mass is 308 g/mol. The number of carboxylic acids is 1. The average molecular weight is 308 g/mol. The number of aromatic carboxylic acids is 1. The van der Waals surface area contributed by atoms with Crippen LogP contribution in [0.25, 0.3) is 0 Å². The Morgan fingerprint density at radius 3 is 2.33 bits per heavy atom. The summed E-state index contributed by atoms with van der Waals surface area (Å²) in [5.41, 5.74) is 2.80. The number of aromatic amines is 1. The van der Waals surface area contributed by atoms with E-state index in [9.17, 15) is 13.2 Å². The maximum absolute atomic E-state index is 12.1. The molecule has 0 amide bonds. The summed E-state index contributed by atoms with van der Waals surface area (Å²) in [6.45, 7) is 3.95. The molecule has 0 aliphatic rings. The SMILES string of the molecule is Cc1cc(CNS(=O)(=O)c2ccc(C(=O)O)cc2)c(C)[nH]1. The zero-order valence-electron chi connectivity index (χ0n) is 11.7. The van der Waals surface area contributed by atoms with Crippen molar-refractivity contribution in [3.63, 3.8) is 0 Å². The summed E-state index contributed by atoms with van der Waals surface area (Å²) in [7, 11) is -3.67. The van der Waals surface area contributed by atoms with Crippen LogP contribution in [-0.4, -0.2) is 24.5 Å². The van der Waals surface area contributed by atoms with E-state index in [1.165, 1.54) is 24.3 Å². The van der Waals surface area contributed by atoms with Gasteiger partial charge in [-0.2, -0.15) is 0 Å². The van der Waals surface area contributed by atoms with Crippen molar-refractivity contribution < 1.29 is 18.3 Å². The maximum atomic E-state index is 12.1. The molecule has 1 heterocycles. The molecule has 0 aliphatic carbocycles. The normalized spacial score (nSPS) is 11.5. The topological polar surface area (TPSA) is 99.3 Å². The fourth-order valence-electron chi connectivity index (χ4n) is 2.00. The van der Waals surface area contributed by atoms with E-state index < -0.39 is 16.0 Å². The van der Waals surface area contributed by atoms with Crippen molar-refractivity contribution in [1.82, 2.24) is 9.71 Å². The van der Waals surface area contributed by atoms with Crippen molar-refractivity contribution in [1.29, 1.82) is 0 Å². The fraction of sp³-hybridized carbons (Fsp3) is 0.214. The van der Waals surface area contributed by atoms with Crippen LogP contribution in [0.2, 0.25) is 0 Å². The number of hydrogen-bond donors (Lipinski definition) is 3. The molecule has 3 N–H and O–H groups in total. The van der Waals surface area contributed by atoms with Gasteiger partial charge in [0, 0.05) is 17.9 Å². The lowest BCUT2D eigenvalue weighted by molar-refractivity contribution is 0.0696. The highest BCUT2D eigenvalue weighted by Gasteiger charge is 2.15. The van der Waals surface area contributed by atoms with Crippen LogP contribution in [0.5, 0.6) is 0 Å². The Bertz CT molecular complexity index is 761. The second-order valence-corrected chi connectivity index (χ2v) is 6.52. The van der Waals surface area contributed by atoms with Crippen molar-refractivity contribution in [2.75, 3.05) is 0 Å². The van der Waals surface area contributed by atoms with Gasteiger partial charge in [-0.25, -0.2) is 17.9 Å². The van der Waals surface area contributed by atoms with E-state index in [1.54, 1.807) is 0 Å². The highest BCUT2D eigenvalue weighted by atomic mass is 32.2. The maximum Gasteiger partial charge on any atom is 0.335 e. The first kappa shape index (κ1) is 15.3. The standard InChI is InChI=1S/C14H16N2O4S/c1-9-7-12(10(2)16-9)8-15-21(19,20)13-5-3-11(4-6-13)14(17)18/h3-7,15-16H,8H2,1-2H3,(H,17,18). The number of H-pyrrole nitrogens is 1. The van der Waals surface area contributed by atoms with Gasteiger partial charge in [-0.1, -0.05) is 0 Å². The molecule has 0 saturated heterocycles. The fourth-order valence-corrected chi connectivity index (χ4v) is 3.00. The van der Waals surface area contributed by atoms with Gasteiger partial charge in [0.25, 0.3) is 0 Å². The summed E-state index contributed by atoms with van der Waals surface area (Å²) in [5, 5.41) is 8.79. The predicted octanol–water partition coefficient (Wildman–Crippen LogP) is 1.81. The minimum atomic E-state index is -3.67. The molecule has 0 saturated carbocycles. The van der Waals surface area contributed by atoms with Crippen molar-refractivity contribution in [3.05, 3.63) is 52.8 Å². The zero-order chi connectivity index (χ0) is 15.6. The Balaban J connectivity index is 2.14. The molecule has 6 nitrogen and oxygen atoms in total. The largest absolute Gasteiger partial charge is 0.478 e. The number of hydrogen-bond acceptors (Lipinski definition) is 3. The van der Waals surface area contributed by atoms with Crippen LogP contribution in [0.15, 0.2) is 35.2 Å². The van der Waals surface area contributed by atoms with Crippen LogP contribution >= 0.6 is 0 Å². The van der Waals surface area contributed by atoms with Crippen molar-refractivity contribution in [3.8, 4) is 0 Å². The van der Waals surface area contributed by atoms with E-state index in [2.05, 4.69) is 9.71 Å². The first-order valence-corrected chi connectivity index (χ1v) is 7.76. The quantitative estimate of drug-likeness (QED) is 0.784. The smallest absolute Gasteiger partial charge is 0.335 e. The first-order chi connectivity index (χ1) is 9.79. The third-order valence-electron chi connectivity index (χ3n) is 3.12. The minimum absolute atomic E-state index is 0.0393. The summed E-state index contributed by atoms with van der Waals surface area (Å²) >= 11 is 0. The average Bonchev–Trinajstić information content (AvgIpc) is 2.75. The highest BCUT2D eigenvalue weighted by molar-refractivity contribution is 7.89. The van der Waals surface area contributed by atoms with Crippen LogP contribution in [0.4, 0.5) is 0 Å². The number of rotatable bonds is 5. The summed E-state index contributed by atoms with van der Waals surface area (Å²) < 4.78 is 26.8. The van der Waals surface area contributed by atoms with Gasteiger partial charge in [0.05, 0.1) is 10.5 Å². The Morgan fingerprint density at radius 2 is 1.86 bits per heavy atom. The van der Waals surface area contributed by atoms with E-state index in [-0.39, 0.29) is 17.0 Å². The molecule has 1 aromatic carbocycles. The molecular formula is C14H16N2O4S. The molecule has 1 aromatic heterocycles. The van der Waals surface area contributed by atoms with Crippen LogP contribution in [0.3, 0.4) is 0 Å². The Labute approximate surface area is 122 Å². The third kappa shape index (κ3) is 3.50. The summed E-state index contributed by atoms with van der Waals surface area (Å²) in [6.07, 6.45) is 0. The minimum Gasteiger partial charge on any atom is -0.478 e. The van der Waals surface area contributed by atoms with Crippen molar-refractivity contribution >= 4 is 16.0 Å².